The third-order valence-corrected chi connectivity index (χ3v) is 6.36. The van der Waals surface area contributed by atoms with Gasteiger partial charge in [0.1, 0.15) is 5.75 Å². The number of hydrogen-bond acceptors (Lipinski definition) is 6. The van der Waals surface area contributed by atoms with Gasteiger partial charge in [0.2, 0.25) is 0 Å². The average Bonchev–Trinajstić information content (AvgIpc) is 3.28. The summed E-state index contributed by atoms with van der Waals surface area (Å²) in [4.78, 5) is 30.8. The Labute approximate surface area is 182 Å². The zero-order valence-electron chi connectivity index (χ0n) is 17.8. The number of thiophene rings is 1. The van der Waals surface area contributed by atoms with E-state index in [2.05, 4.69) is 38.9 Å². The maximum absolute atomic E-state index is 12.5. The third-order valence-electron chi connectivity index (χ3n) is 5.42. The Bertz CT molecular complexity index is 817. The molecule has 1 aromatic heterocycles. The molecule has 1 fully saturated rings. The number of nitrogens with zero attached hydrogens (tertiary/aromatic N) is 2. The summed E-state index contributed by atoms with van der Waals surface area (Å²) in [6, 6.07) is 11.4. The average molecular weight is 431 g/mol. The highest BCUT2D eigenvalue weighted by molar-refractivity contribution is 7.10. The topological polar surface area (TPSA) is 73.9 Å². The van der Waals surface area contributed by atoms with Crippen LogP contribution < -0.4 is 15.4 Å². The van der Waals surface area contributed by atoms with Crippen molar-refractivity contribution in [2.75, 3.05) is 40.3 Å². The lowest BCUT2D eigenvalue weighted by molar-refractivity contribution is -0.140. The van der Waals surface area contributed by atoms with Crippen molar-refractivity contribution in [3.05, 3.63) is 52.2 Å². The van der Waals surface area contributed by atoms with Crippen LogP contribution in [-0.4, -0.2) is 68.0 Å². The van der Waals surface area contributed by atoms with E-state index in [0.717, 1.165) is 37.5 Å². The predicted octanol–water partition coefficient (Wildman–Crippen LogP) is 1.87. The molecule has 0 saturated carbocycles. The second kappa shape index (κ2) is 10.6. The van der Waals surface area contributed by atoms with Crippen molar-refractivity contribution in [2.24, 2.45) is 0 Å². The number of rotatable bonds is 7. The van der Waals surface area contributed by atoms with Gasteiger partial charge in [-0.15, -0.1) is 11.3 Å². The van der Waals surface area contributed by atoms with Gasteiger partial charge < -0.3 is 20.3 Å². The molecule has 2 atom stereocenters. The minimum Gasteiger partial charge on any atom is -0.497 e. The first-order valence-electron chi connectivity index (χ1n) is 10.2. The molecule has 0 aliphatic carbocycles. The van der Waals surface area contributed by atoms with Crippen LogP contribution in [0.25, 0.3) is 0 Å². The van der Waals surface area contributed by atoms with E-state index in [1.165, 1.54) is 4.88 Å². The van der Waals surface area contributed by atoms with E-state index in [1.54, 1.807) is 18.4 Å². The number of benzene rings is 1. The minimum absolute atomic E-state index is 0.0528. The number of methoxy groups -OCH3 is 1. The fourth-order valence-electron chi connectivity index (χ4n) is 3.66. The number of ether oxygens (including phenoxy) is 1. The molecule has 0 spiro atoms. The van der Waals surface area contributed by atoms with Crippen LogP contribution in [0, 0.1) is 0 Å². The largest absolute Gasteiger partial charge is 0.497 e. The first-order chi connectivity index (χ1) is 14.5. The molecule has 2 unspecified atom stereocenters. The molecule has 2 heterocycles. The summed E-state index contributed by atoms with van der Waals surface area (Å²) in [5.41, 5.74) is 0.902. The SMILES string of the molecule is COc1ccc(CNC(=O)C(=O)NC(C)C(c2cccs2)N2CCN(C)CC2)cc1. The molecule has 30 heavy (non-hydrogen) atoms. The molecule has 2 amide bonds. The van der Waals surface area contributed by atoms with Gasteiger partial charge in [0, 0.05) is 43.6 Å². The van der Waals surface area contributed by atoms with Crippen molar-refractivity contribution >= 4 is 23.2 Å². The van der Waals surface area contributed by atoms with Crippen molar-refractivity contribution in [2.45, 2.75) is 25.6 Å². The maximum atomic E-state index is 12.5. The normalized spacial score (nSPS) is 17.2. The number of piperazine rings is 1. The summed E-state index contributed by atoms with van der Waals surface area (Å²) < 4.78 is 5.13. The van der Waals surface area contributed by atoms with E-state index < -0.39 is 11.8 Å². The number of hydrogen-bond donors (Lipinski definition) is 2. The second-order valence-electron chi connectivity index (χ2n) is 7.59. The summed E-state index contributed by atoms with van der Waals surface area (Å²) >= 11 is 1.68. The van der Waals surface area contributed by atoms with Crippen molar-refractivity contribution in [3.8, 4) is 5.75 Å². The van der Waals surface area contributed by atoms with Crippen LogP contribution in [0.3, 0.4) is 0 Å². The zero-order valence-corrected chi connectivity index (χ0v) is 18.6. The van der Waals surface area contributed by atoms with Crippen molar-refractivity contribution in [1.29, 1.82) is 0 Å². The first kappa shape index (κ1) is 22.3. The van der Waals surface area contributed by atoms with E-state index in [0.29, 0.717) is 0 Å². The summed E-state index contributed by atoms with van der Waals surface area (Å²) in [7, 11) is 3.73. The molecular formula is C22H30N4O3S. The van der Waals surface area contributed by atoms with E-state index in [4.69, 9.17) is 4.74 Å². The fourth-order valence-corrected chi connectivity index (χ4v) is 4.62. The Balaban J connectivity index is 1.57. The predicted molar refractivity (Wildman–Crippen MR) is 119 cm³/mol. The van der Waals surface area contributed by atoms with Crippen LogP contribution in [0.15, 0.2) is 41.8 Å². The molecule has 2 N–H and O–H groups in total. The molecule has 0 radical (unpaired) electrons. The van der Waals surface area contributed by atoms with E-state index >= 15 is 0 Å². The van der Waals surface area contributed by atoms with Gasteiger partial charge in [0.05, 0.1) is 13.2 Å². The molecule has 7 nitrogen and oxygen atoms in total. The van der Waals surface area contributed by atoms with Gasteiger partial charge in [-0.2, -0.15) is 0 Å². The van der Waals surface area contributed by atoms with Gasteiger partial charge in [-0.3, -0.25) is 14.5 Å². The quantitative estimate of drug-likeness (QED) is 0.656. The van der Waals surface area contributed by atoms with Gasteiger partial charge in [-0.1, -0.05) is 18.2 Å². The highest BCUT2D eigenvalue weighted by Crippen LogP contribution is 2.29. The standard InChI is InChI=1S/C22H30N4O3S/c1-16(20(19-5-4-14-30-19)26-12-10-25(2)11-13-26)24-22(28)21(27)23-15-17-6-8-18(29-3)9-7-17/h4-9,14,16,20H,10-13,15H2,1-3H3,(H,23,27)(H,24,28). The number of carbonyl (C=O) groups excluding carboxylic acids is 2. The lowest BCUT2D eigenvalue weighted by Gasteiger charge is -2.40. The Morgan fingerprint density at radius 3 is 2.40 bits per heavy atom. The first-order valence-corrected chi connectivity index (χ1v) is 11.0. The Hall–Kier alpha value is -2.42. The molecule has 1 aliphatic rings. The number of nitrogens with one attached hydrogen (secondary N) is 2. The monoisotopic (exact) mass is 430 g/mol. The maximum Gasteiger partial charge on any atom is 0.309 e. The molecule has 1 aliphatic heterocycles. The van der Waals surface area contributed by atoms with Gasteiger partial charge in [-0.05, 0) is 43.1 Å². The molecular weight excluding hydrogens is 400 g/mol. The van der Waals surface area contributed by atoms with E-state index in [9.17, 15) is 9.59 Å². The Morgan fingerprint density at radius 1 is 1.10 bits per heavy atom. The third kappa shape index (κ3) is 5.81. The number of likely N-dealkylation sites (N-methyl/N-ethyl adjacent to an activating group) is 1. The zero-order chi connectivity index (χ0) is 21.5. The summed E-state index contributed by atoms with van der Waals surface area (Å²) in [5, 5.41) is 7.65. The summed E-state index contributed by atoms with van der Waals surface area (Å²) in [6.07, 6.45) is 0. The molecule has 8 heteroatoms. The van der Waals surface area contributed by atoms with Crippen LogP contribution in [0.4, 0.5) is 0 Å². The Morgan fingerprint density at radius 2 is 1.80 bits per heavy atom. The Kier molecular flexibility index (Phi) is 7.84. The van der Waals surface area contributed by atoms with Gasteiger partial charge in [-0.25, -0.2) is 0 Å². The van der Waals surface area contributed by atoms with Crippen molar-refractivity contribution < 1.29 is 14.3 Å². The van der Waals surface area contributed by atoms with Gasteiger partial charge >= 0.3 is 11.8 Å². The molecule has 3 rings (SSSR count). The molecule has 162 valence electrons. The number of carbonyl (C=O) groups is 2. The summed E-state index contributed by atoms with van der Waals surface area (Å²) in [6.45, 7) is 6.11. The van der Waals surface area contributed by atoms with Crippen molar-refractivity contribution in [3.63, 3.8) is 0 Å². The smallest absolute Gasteiger partial charge is 0.309 e. The van der Waals surface area contributed by atoms with Crippen LogP contribution in [0.1, 0.15) is 23.4 Å². The highest BCUT2D eigenvalue weighted by atomic mass is 32.1. The van der Waals surface area contributed by atoms with Gasteiger partial charge in [0.15, 0.2) is 0 Å². The van der Waals surface area contributed by atoms with Crippen LogP contribution in [-0.2, 0) is 16.1 Å². The lowest BCUT2D eigenvalue weighted by Crippen LogP contribution is -2.53. The molecule has 0 bridgehead atoms. The van der Waals surface area contributed by atoms with Crippen molar-refractivity contribution in [1.82, 2.24) is 20.4 Å². The molecule has 1 aromatic carbocycles. The van der Waals surface area contributed by atoms with Gasteiger partial charge in [0.25, 0.3) is 0 Å². The van der Waals surface area contributed by atoms with E-state index in [-0.39, 0.29) is 18.6 Å². The molecule has 2 aromatic rings. The van der Waals surface area contributed by atoms with Crippen LogP contribution in [0.2, 0.25) is 0 Å². The molecule has 1 saturated heterocycles. The summed E-state index contributed by atoms with van der Waals surface area (Å²) in [5.74, 6) is -0.479. The van der Waals surface area contributed by atoms with Crippen LogP contribution in [0.5, 0.6) is 5.75 Å². The highest BCUT2D eigenvalue weighted by Gasteiger charge is 2.31. The lowest BCUT2D eigenvalue weighted by atomic mass is 10.0. The number of amides is 2. The fraction of sp³-hybridized carbons (Fsp3) is 0.455. The van der Waals surface area contributed by atoms with Crippen LogP contribution >= 0.6 is 11.3 Å². The second-order valence-corrected chi connectivity index (χ2v) is 8.57. The van der Waals surface area contributed by atoms with E-state index in [1.807, 2.05) is 37.3 Å². The minimum atomic E-state index is -0.624.